The van der Waals surface area contributed by atoms with Gasteiger partial charge in [0.25, 0.3) is 0 Å². The Bertz CT molecular complexity index is 342. The first kappa shape index (κ1) is 10.7. The van der Waals surface area contributed by atoms with Gasteiger partial charge in [-0.1, -0.05) is 11.6 Å². The van der Waals surface area contributed by atoms with Crippen molar-refractivity contribution in [1.82, 2.24) is 0 Å². The molecular formula is C9H11ClN2O2. The van der Waals surface area contributed by atoms with Crippen molar-refractivity contribution in [3.63, 3.8) is 0 Å². The minimum Gasteiger partial charge on any atom is -0.497 e. The van der Waals surface area contributed by atoms with Crippen LogP contribution >= 0.6 is 11.6 Å². The van der Waals surface area contributed by atoms with Crippen molar-refractivity contribution >= 4 is 23.2 Å². The van der Waals surface area contributed by atoms with Gasteiger partial charge in [0.15, 0.2) is 0 Å². The van der Waals surface area contributed by atoms with Crippen LogP contribution in [0.25, 0.3) is 0 Å². The first-order valence-corrected chi connectivity index (χ1v) is 4.37. The van der Waals surface area contributed by atoms with Crippen LogP contribution in [0.5, 0.6) is 5.75 Å². The summed E-state index contributed by atoms with van der Waals surface area (Å²) < 4.78 is 5.00. The van der Waals surface area contributed by atoms with Gasteiger partial charge in [0.2, 0.25) is 5.91 Å². The molecule has 0 radical (unpaired) electrons. The fourth-order valence-corrected chi connectivity index (χ4v) is 1.13. The second-order valence-electron chi connectivity index (χ2n) is 2.67. The van der Waals surface area contributed by atoms with E-state index >= 15 is 0 Å². The van der Waals surface area contributed by atoms with Gasteiger partial charge < -0.3 is 15.8 Å². The van der Waals surface area contributed by atoms with E-state index in [2.05, 4.69) is 5.32 Å². The maximum Gasteiger partial charge on any atom is 0.236 e. The summed E-state index contributed by atoms with van der Waals surface area (Å²) in [6.07, 6.45) is 0. The number of carbonyl (C=O) groups is 1. The van der Waals surface area contributed by atoms with E-state index < -0.39 is 5.91 Å². The van der Waals surface area contributed by atoms with Crippen LogP contribution in [-0.4, -0.2) is 19.6 Å². The van der Waals surface area contributed by atoms with E-state index in [0.29, 0.717) is 16.5 Å². The number of anilines is 1. The number of hydrogen-bond acceptors (Lipinski definition) is 3. The van der Waals surface area contributed by atoms with E-state index in [4.69, 9.17) is 22.1 Å². The molecule has 0 atom stereocenters. The molecule has 0 saturated heterocycles. The summed E-state index contributed by atoms with van der Waals surface area (Å²) >= 11 is 5.87. The molecule has 1 rings (SSSR count). The lowest BCUT2D eigenvalue weighted by atomic mass is 10.3. The van der Waals surface area contributed by atoms with Gasteiger partial charge in [-0.2, -0.15) is 0 Å². The summed E-state index contributed by atoms with van der Waals surface area (Å²) in [5, 5.41) is 3.32. The molecule has 5 heteroatoms. The molecule has 4 nitrogen and oxygen atoms in total. The monoisotopic (exact) mass is 214 g/mol. The van der Waals surface area contributed by atoms with E-state index in [0.717, 1.165) is 0 Å². The average molecular weight is 215 g/mol. The van der Waals surface area contributed by atoms with Gasteiger partial charge in [-0.15, -0.1) is 0 Å². The van der Waals surface area contributed by atoms with Gasteiger partial charge in [-0.05, 0) is 12.1 Å². The number of ether oxygens (including phenoxy) is 1. The number of nitrogens with two attached hydrogens (primary N) is 1. The molecule has 0 unspecified atom stereocenters. The highest BCUT2D eigenvalue weighted by Gasteiger charge is 2.02. The van der Waals surface area contributed by atoms with Crippen molar-refractivity contribution in [2.75, 3.05) is 19.0 Å². The number of carbonyl (C=O) groups excluding carboxylic acids is 1. The zero-order valence-electron chi connectivity index (χ0n) is 7.71. The van der Waals surface area contributed by atoms with Crippen molar-refractivity contribution in [2.24, 2.45) is 5.73 Å². The SMILES string of the molecule is COc1ccc(Cl)c(NCC(N)=O)c1. The summed E-state index contributed by atoms with van der Waals surface area (Å²) in [6, 6.07) is 5.12. The second-order valence-corrected chi connectivity index (χ2v) is 3.07. The van der Waals surface area contributed by atoms with Crippen LogP contribution in [0.15, 0.2) is 18.2 Å². The van der Waals surface area contributed by atoms with Gasteiger partial charge in [0.05, 0.1) is 24.4 Å². The van der Waals surface area contributed by atoms with Crippen LogP contribution in [-0.2, 0) is 4.79 Å². The lowest BCUT2D eigenvalue weighted by Gasteiger charge is -2.08. The highest BCUT2D eigenvalue weighted by Crippen LogP contribution is 2.26. The zero-order chi connectivity index (χ0) is 10.6. The number of halogens is 1. The first-order valence-electron chi connectivity index (χ1n) is 3.99. The Morgan fingerprint density at radius 3 is 2.93 bits per heavy atom. The van der Waals surface area contributed by atoms with Crippen molar-refractivity contribution in [1.29, 1.82) is 0 Å². The molecular weight excluding hydrogens is 204 g/mol. The molecule has 1 amide bonds. The fourth-order valence-electron chi connectivity index (χ4n) is 0.949. The molecule has 0 saturated carbocycles. The zero-order valence-corrected chi connectivity index (χ0v) is 8.47. The quantitative estimate of drug-likeness (QED) is 0.793. The number of hydrogen-bond donors (Lipinski definition) is 2. The topological polar surface area (TPSA) is 64.3 Å². The third-order valence-corrected chi connectivity index (χ3v) is 1.96. The smallest absolute Gasteiger partial charge is 0.236 e. The lowest BCUT2D eigenvalue weighted by Crippen LogP contribution is -2.21. The highest BCUT2D eigenvalue weighted by atomic mass is 35.5. The number of benzene rings is 1. The van der Waals surface area contributed by atoms with Crippen LogP contribution in [0.3, 0.4) is 0 Å². The Balaban J connectivity index is 2.78. The van der Waals surface area contributed by atoms with Crippen LogP contribution < -0.4 is 15.8 Å². The Kier molecular flexibility index (Phi) is 3.59. The first-order chi connectivity index (χ1) is 6.63. The molecule has 0 aliphatic heterocycles. The minimum atomic E-state index is -0.441. The standard InChI is InChI=1S/C9H11ClN2O2/c1-14-6-2-3-7(10)8(4-6)12-5-9(11)13/h2-4,12H,5H2,1H3,(H2,11,13). The van der Waals surface area contributed by atoms with Crippen molar-refractivity contribution in [2.45, 2.75) is 0 Å². The Hall–Kier alpha value is -1.42. The van der Waals surface area contributed by atoms with E-state index in [-0.39, 0.29) is 6.54 Å². The number of amides is 1. The summed E-state index contributed by atoms with van der Waals surface area (Å²) in [5.74, 6) is 0.227. The number of rotatable bonds is 4. The molecule has 76 valence electrons. The summed E-state index contributed by atoms with van der Waals surface area (Å²) in [5.41, 5.74) is 5.61. The Labute approximate surface area is 87.0 Å². The van der Waals surface area contributed by atoms with Gasteiger partial charge in [-0.3, -0.25) is 4.79 Å². The third-order valence-electron chi connectivity index (χ3n) is 1.63. The van der Waals surface area contributed by atoms with Gasteiger partial charge in [0, 0.05) is 6.07 Å². The largest absolute Gasteiger partial charge is 0.497 e. The number of primary amides is 1. The van der Waals surface area contributed by atoms with Crippen molar-refractivity contribution in [3.05, 3.63) is 23.2 Å². The predicted molar refractivity (Wildman–Crippen MR) is 55.7 cm³/mol. The maximum absolute atomic E-state index is 10.5. The van der Waals surface area contributed by atoms with Crippen LogP contribution in [0.2, 0.25) is 5.02 Å². The van der Waals surface area contributed by atoms with Crippen LogP contribution in [0.1, 0.15) is 0 Å². The van der Waals surface area contributed by atoms with Gasteiger partial charge in [-0.25, -0.2) is 0 Å². The van der Waals surface area contributed by atoms with E-state index in [1.165, 1.54) is 0 Å². The van der Waals surface area contributed by atoms with Crippen LogP contribution in [0.4, 0.5) is 5.69 Å². The predicted octanol–water partition coefficient (Wildman–Crippen LogP) is 1.25. The second kappa shape index (κ2) is 4.72. The highest BCUT2D eigenvalue weighted by molar-refractivity contribution is 6.33. The number of nitrogens with one attached hydrogen (secondary N) is 1. The summed E-state index contributed by atoms with van der Waals surface area (Å²) in [4.78, 5) is 10.5. The molecule has 0 aliphatic carbocycles. The molecule has 0 aliphatic rings. The third kappa shape index (κ3) is 2.81. The molecule has 1 aromatic rings. The Morgan fingerprint density at radius 2 is 2.36 bits per heavy atom. The molecule has 0 aromatic heterocycles. The van der Waals surface area contributed by atoms with Crippen LogP contribution in [0, 0.1) is 0 Å². The summed E-state index contributed by atoms with van der Waals surface area (Å²) in [7, 11) is 1.56. The van der Waals surface area contributed by atoms with E-state index in [1.807, 2.05) is 0 Å². The average Bonchev–Trinajstić information content (AvgIpc) is 2.16. The normalized spacial score (nSPS) is 9.57. The molecule has 0 spiro atoms. The molecule has 0 fully saturated rings. The molecule has 0 heterocycles. The van der Waals surface area contributed by atoms with E-state index in [9.17, 15) is 4.79 Å². The Morgan fingerprint density at radius 1 is 1.64 bits per heavy atom. The molecule has 3 N–H and O–H groups in total. The summed E-state index contributed by atoms with van der Waals surface area (Å²) in [6.45, 7) is 0.0485. The molecule has 1 aromatic carbocycles. The van der Waals surface area contributed by atoms with E-state index in [1.54, 1.807) is 25.3 Å². The van der Waals surface area contributed by atoms with Gasteiger partial charge in [0.1, 0.15) is 5.75 Å². The minimum absolute atomic E-state index is 0.0485. The maximum atomic E-state index is 10.5. The molecule has 0 bridgehead atoms. The number of methoxy groups -OCH3 is 1. The lowest BCUT2D eigenvalue weighted by molar-refractivity contribution is -0.116. The molecule has 14 heavy (non-hydrogen) atoms. The van der Waals surface area contributed by atoms with Gasteiger partial charge >= 0.3 is 0 Å². The van der Waals surface area contributed by atoms with Crippen molar-refractivity contribution < 1.29 is 9.53 Å². The fraction of sp³-hybridized carbons (Fsp3) is 0.222. The van der Waals surface area contributed by atoms with Crippen molar-refractivity contribution in [3.8, 4) is 5.75 Å².